The van der Waals surface area contributed by atoms with Crippen molar-refractivity contribution in [1.82, 2.24) is 0 Å². The maximum absolute atomic E-state index is 2.41. The third-order valence-electron chi connectivity index (χ3n) is 2.08. The molecule has 0 aromatic carbocycles. The molecule has 1 unspecified atom stereocenters. The lowest BCUT2D eigenvalue weighted by Crippen LogP contribution is -3.00. The highest BCUT2D eigenvalue weighted by molar-refractivity contribution is 7.27. The topological polar surface area (TPSA) is 0 Å². The minimum absolute atomic E-state index is 0. The monoisotopic (exact) mass is 262 g/mol. The van der Waals surface area contributed by atoms with Crippen LogP contribution in [0.2, 0.25) is 0 Å². The molecule has 2 heteroatoms. The van der Waals surface area contributed by atoms with Crippen LogP contribution in [0.25, 0.3) is 0 Å². The minimum atomic E-state index is 0. The first kappa shape index (κ1) is 13.2. The number of thiophene rings is 1. The zero-order valence-electron chi connectivity index (χ0n) is 8.55. The van der Waals surface area contributed by atoms with E-state index in [1.165, 1.54) is 37.0 Å². The Morgan fingerprint density at radius 2 is 2.00 bits per heavy atom. The van der Waals surface area contributed by atoms with Crippen molar-refractivity contribution in [1.29, 1.82) is 0 Å². The zero-order chi connectivity index (χ0) is 8.81. The van der Waals surface area contributed by atoms with Gasteiger partial charge in [0.25, 0.3) is 0 Å². The number of rotatable bonds is 5. The van der Waals surface area contributed by atoms with Gasteiger partial charge < -0.3 is 17.0 Å². The van der Waals surface area contributed by atoms with Gasteiger partial charge in [0.15, 0.2) is 0 Å². The SMILES string of the molecule is CCCCCC[s+]1ccc(C)c1.[Br-]. The molecule has 1 rings (SSSR count). The summed E-state index contributed by atoms with van der Waals surface area (Å²) in [5.74, 6) is 1.38. The quantitative estimate of drug-likeness (QED) is 0.555. The predicted octanol–water partition coefficient (Wildman–Crippen LogP) is 1.33. The van der Waals surface area contributed by atoms with E-state index in [-0.39, 0.29) is 17.0 Å². The van der Waals surface area contributed by atoms with Crippen molar-refractivity contribution >= 4 is 10.5 Å². The van der Waals surface area contributed by atoms with E-state index in [2.05, 4.69) is 30.7 Å². The smallest absolute Gasteiger partial charge is 0.140 e. The molecule has 0 N–H and O–H groups in total. The van der Waals surface area contributed by atoms with E-state index in [1.54, 1.807) is 0 Å². The van der Waals surface area contributed by atoms with Crippen molar-refractivity contribution in [2.45, 2.75) is 45.3 Å². The van der Waals surface area contributed by atoms with Crippen molar-refractivity contribution < 1.29 is 17.0 Å². The summed E-state index contributed by atoms with van der Waals surface area (Å²) < 4.78 is 0. The average molecular weight is 263 g/mol. The van der Waals surface area contributed by atoms with Crippen LogP contribution in [0.4, 0.5) is 0 Å². The third-order valence-corrected chi connectivity index (χ3v) is 4.00. The molecule has 0 spiro atoms. The Kier molecular flexibility index (Phi) is 7.68. The predicted molar refractivity (Wildman–Crippen MR) is 57.8 cm³/mol. The van der Waals surface area contributed by atoms with Crippen molar-refractivity contribution in [3.05, 3.63) is 22.4 Å². The van der Waals surface area contributed by atoms with Crippen LogP contribution in [0.15, 0.2) is 16.8 Å². The van der Waals surface area contributed by atoms with Crippen LogP contribution < -0.4 is 17.0 Å². The maximum Gasteiger partial charge on any atom is 0.140 e. The minimum Gasteiger partial charge on any atom is -1.00 e. The maximum atomic E-state index is 2.41. The first-order valence-corrected chi connectivity index (χ1v) is 6.40. The Labute approximate surface area is 95.1 Å². The highest BCUT2D eigenvalue weighted by atomic mass is 79.9. The van der Waals surface area contributed by atoms with Gasteiger partial charge in [-0.25, -0.2) is 0 Å². The van der Waals surface area contributed by atoms with Crippen molar-refractivity contribution in [2.75, 3.05) is 0 Å². The van der Waals surface area contributed by atoms with E-state index in [0.717, 1.165) is 0 Å². The van der Waals surface area contributed by atoms with Gasteiger partial charge in [0.2, 0.25) is 0 Å². The van der Waals surface area contributed by atoms with Gasteiger partial charge in [-0.1, -0.05) is 19.8 Å². The normalized spacial score (nSPS) is 11.1. The molecule has 0 aliphatic heterocycles. The molecule has 0 saturated carbocycles. The van der Waals surface area contributed by atoms with E-state index in [1.807, 2.05) is 0 Å². The van der Waals surface area contributed by atoms with Crippen LogP contribution in [-0.4, -0.2) is 0 Å². The second-order valence-corrected chi connectivity index (χ2v) is 5.25. The van der Waals surface area contributed by atoms with Gasteiger partial charge in [-0.2, -0.15) is 0 Å². The van der Waals surface area contributed by atoms with Crippen LogP contribution in [-0.2, 0) is 5.75 Å². The Morgan fingerprint density at radius 3 is 2.54 bits per heavy atom. The Bertz CT molecular complexity index is 218. The van der Waals surface area contributed by atoms with Gasteiger partial charge in [0, 0.05) is 5.56 Å². The summed E-state index contributed by atoms with van der Waals surface area (Å²) >= 11 is 0. The molecule has 0 aliphatic carbocycles. The largest absolute Gasteiger partial charge is 1.00 e. The van der Waals surface area contributed by atoms with Gasteiger partial charge in [0.05, 0.1) is 0 Å². The molecule has 76 valence electrons. The summed E-state index contributed by atoms with van der Waals surface area (Å²) in [6.45, 7) is 4.46. The Balaban J connectivity index is 0.00000144. The fourth-order valence-electron chi connectivity index (χ4n) is 1.33. The highest BCUT2D eigenvalue weighted by Crippen LogP contribution is 2.23. The summed E-state index contributed by atoms with van der Waals surface area (Å²) in [6.07, 6.45) is 5.58. The summed E-state index contributed by atoms with van der Waals surface area (Å²) in [5.41, 5.74) is 1.45. The average Bonchev–Trinajstić information content (AvgIpc) is 2.45. The van der Waals surface area contributed by atoms with E-state index in [4.69, 9.17) is 0 Å². The van der Waals surface area contributed by atoms with E-state index < -0.39 is 0 Å². The summed E-state index contributed by atoms with van der Waals surface area (Å²) in [7, 11) is 0.497. The fraction of sp³-hybridized carbons (Fsp3) is 0.636. The molecule has 1 atom stereocenters. The van der Waals surface area contributed by atoms with Crippen molar-refractivity contribution in [2.24, 2.45) is 0 Å². The zero-order valence-corrected chi connectivity index (χ0v) is 11.0. The first-order valence-electron chi connectivity index (χ1n) is 4.88. The molecule has 0 bridgehead atoms. The molecule has 1 heterocycles. The summed E-state index contributed by atoms with van der Waals surface area (Å²) in [4.78, 5) is 0. The van der Waals surface area contributed by atoms with Crippen molar-refractivity contribution in [3.63, 3.8) is 0 Å². The summed E-state index contributed by atoms with van der Waals surface area (Å²) in [6, 6.07) is 2.25. The lowest BCUT2D eigenvalue weighted by Gasteiger charge is -1.91. The Morgan fingerprint density at radius 1 is 1.23 bits per heavy atom. The molecule has 0 fully saturated rings. The molecule has 13 heavy (non-hydrogen) atoms. The van der Waals surface area contributed by atoms with Gasteiger partial charge in [0.1, 0.15) is 16.5 Å². The fourth-order valence-corrected chi connectivity index (χ4v) is 3.15. The molecule has 0 nitrogen and oxygen atoms in total. The highest BCUT2D eigenvalue weighted by Gasteiger charge is 2.03. The van der Waals surface area contributed by atoms with Crippen LogP contribution in [0.1, 0.15) is 38.2 Å². The second kappa shape index (κ2) is 7.57. The molecular formula is C11H19BrS. The number of halogens is 1. The van der Waals surface area contributed by atoms with Crippen LogP contribution in [0, 0.1) is 6.92 Å². The molecule has 0 radical (unpaired) electrons. The third kappa shape index (κ3) is 5.48. The Hall–Kier alpha value is 0.180. The lowest BCUT2D eigenvalue weighted by atomic mass is 10.2. The summed E-state index contributed by atoms with van der Waals surface area (Å²) in [5, 5.41) is 4.77. The molecule has 0 saturated heterocycles. The van der Waals surface area contributed by atoms with Crippen LogP contribution in [0.3, 0.4) is 0 Å². The van der Waals surface area contributed by atoms with Gasteiger partial charge >= 0.3 is 0 Å². The lowest BCUT2D eigenvalue weighted by molar-refractivity contribution is -0.00000268. The number of hydrogen-bond acceptors (Lipinski definition) is 0. The molecule has 0 amide bonds. The van der Waals surface area contributed by atoms with Crippen LogP contribution in [0.5, 0.6) is 0 Å². The molecular weight excluding hydrogens is 244 g/mol. The molecule has 1 aromatic rings. The van der Waals surface area contributed by atoms with Gasteiger partial charge in [-0.3, -0.25) is 0 Å². The van der Waals surface area contributed by atoms with Crippen molar-refractivity contribution in [3.8, 4) is 0 Å². The molecule has 0 aliphatic rings. The number of aryl methyl sites for hydroxylation is 2. The van der Waals surface area contributed by atoms with E-state index in [0.29, 0.717) is 10.5 Å². The second-order valence-electron chi connectivity index (χ2n) is 3.40. The van der Waals surface area contributed by atoms with Gasteiger partial charge in [-0.05, 0) is 36.3 Å². The molecule has 1 aromatic heterocycles. The number of unbranched alkanes of at least 4 members (excludes halogenated alkanes) is 3. The van der Waals surface area contributed by atoms with Crippen LogP contribution >= 0.6 is 10.5 Å². The van der Waals surface area contributed by atoms with Gasteiger partial charge in [-0.15, -0.1) is 0 Å². The van der Waals surface area contributed by atoms with E-state index in [9.17, 15) is 0 Å². The first-order chi connectivity index (χ1) is 5.83. The van der Waals surface area contributed by atoms with E-state index >= 15 is 0 Å². The standard InChI is InChI=1S/C11H19S.BrH/c1-3-4-5-6-8-12-9-7-11(2)10-12;/h7,9-10H,3-6,8H2,1-2H3;1H/q+1;/p-1. The number of hydrogen-bond donors (Lipinski definition) is 0.